The highest BCUT2D eigenvalue weighted by atomic mass is 35.5. The van der Waals surface area contributed by atoms with Crippen LogP contribution in [0.2, 0.25) is 5.28 Å². The van der Waals surface area contributed by atoms with Gasteiger partial charge in [0, 0.05) is 11.4 Å². The van der Waals surface area contributed by atoms with Gasteiger partial charge in [0.2, 0.25) is 5.28 Å². The number of aliphatic hydroxyl groups excluding tert-OH is 1. The molecule has 2 rings (SSSR count). The van der Waals surface area contributed by atoms with Gasteiger partial charge < -0.3 is 10.4 Å². The molecule has 6 heteroatoms. The van der Waals surface area contributed by atoms with Crippen LogP contribution in [0.3, 0.4) is 0 Å². The molecule has 0 spiro atoms. The Kier molecular flexibility index (Phi) is 4.96. The quantitative estimate of drug-likeness (QED) is 0.802. The van der Waals surface area contributed by atoms with Crippen LogP contribution in [0, 0.1) is 0 Å². The van der Waals surface area contributed by atoms with Crippen LogP contribution in [-0.4, -0.2) is 27.7 Å². The molecule has 2 aromatic rings. The molecule has 0 aromatic carbocycles. The lowest BCUT2D eigenvalue weighted by Gasteiger charge is -2.11. The third kappa shape index (κ3) is 3.55. The Labute approximate surface area is 121 Å². The molecule has 0 aliphatic heterocycles. The molecule has 104 valence electrons. The van der Waals surface area contributed by atoms with E-state index < -0.39 is 0 Å². The number of hydrogen-bond acceptors (Lipinski definition) is 5. The summed E-state index contributed by atoms with van der Waals surface area (Å²) in [4.78, 5) is 10.6. The van der Waals surface area contributed by atoms with Crippen molar-refractivity contribution in [2.75, 3.05) is 11.9 Å². The highest BCUT2D eigenvalue weighted by molar-refractivity contribution is 7.18. The number of anilines is 1. The third-order valence-electron chi connectivity index (χ3n) is 2.89. The van der Waals surface area contributed by atoms with Crippen molar-refractivity contribution >= 4 is 39.0 Å². The molecular weight excluding hydrogens is 282 g/mol. The molecule has 19 heavy (non-hydrogen) atoms. The van der Waals surface area contributed by atoms with Crippen LogP contribution in [0.1, 0.15) is 31.6 Å². The summed E-state index contributed by atoms with van der Waals surface area (Å²) in [6.07, 6.45) is 2.34. The Morgan fingerprint density at radius 1 is 1.42 bits per heavy atom. The highest BCUT2D eigenvalue weighted by Gasteiger charge is 2.11. The standard InChI is InChI=1S/C13H18ClN3OS/c1-3-5-8(18)7-15-11-10-6-9(4-2)19-12(10)17-13(14)16-11/h6,8,18H,3-5,7H2,1-2H3,(H,15,16,17). The Hall–Kier alpha value is -0.910. The fourth-order valence-corrected chi connectivity index (χ4v) is 3.09. The Morgan fingerprint density at radius 2 is 2.21 bits per heavy atom. The first kappa shape index (κ1) is 14.5. The van der Waals surface area contributed by atoms with Crippen molar-refractivity contribution in [1.29, 1.82) is 0 Å². The Balaban J connectivity index is 2.23. The fourth-order valence-electron chi connectivity index (χ4n) is 1.90. The van der Waals surface area contributed by atoms with Crippen molar-refractivity contribution < 1.29 is 5.11 Å². The van der Waals surface area contributed by atoms with Crippen LogP contribution in [0.25, 0.3) is 10.2 Å². The van der Waals surface area contributed by atoms with E-state index in [2.05, 4.69) is 35.2 Å². The average molecular weight is 300 g/mol. The summed E-state index contributed by atoms with van der Waals surface area (Å²) in [5.41, 5.74) is 0. The lowest BCUT2D eigenvalue weighted by Crippen LogP contribution is -2.19. The van der Waals surface area contributed by atoms with E-state index in [1.54, 1.807) is 11.3 Å². The second-order valence-electron chi connectivity index (χ2n) is 4.45. The molecule has 2 heterocycles. The highest BCUT2D eigenvalue weighted by Crippen LogP contribution is 2.30. The predicted molar refractivity (Wildman–Crippen MR) is 81.2 cm³/mol. The number of hydrogen-bond donors (Lipinski definition) is 2. The number of aryl methyl sites for hydroxylation is 1. The van der Waals surface area contributed by atoms with Gasteiger partial charge in [-0.1, -0.05) is 20.3 Å². The molecule has 0 amide bonds. The maximum Gasteiger partial charge on any atom is 0.225 e. The van der Waals surface area contributed by atoms with Crippen molar-refractivity contribution in [3.63, 3.8) is 0 Å². The minimum atomic E-state index is -0.363. The topological polar surface area (TPSA) is 58.0 Å². The van der Waals surface area contributed by atoms with Gasteiger partial charge >= 0.3 is 0 Å². The van der Waals surface area contributed by atoms with Crippen molar-refractivity contribution in [2.24, 2.45) is 0 Å². The summed E-state index contributed by atoms with van der Waals surface area (Å²) in [5.74, 6) is 0.709. The van der Waals surface area contributed by atoms with Crippen LogP contribution >= 0.6 is 22.9 Å². The van der Waals surface area contributed by atoms with Crippen molar-refractivity contribution in [3.05, 3.63) is 16.2 Å². The summed E-state index contributed by atoms with van der Waals surface area (Å²) in [6, 6.07) is 2.09. The number of halogens is 1. The molecule has 2 N–H and O–H groups in total. The van der Waals surface area contributed by atoms with Crippen LogP contribution < -0.4 is 5.32 Å². The van der Waals surface area contributed by atoms with Crippen LogP contribution in [0.15, 0.2) is 6.07 Å². The molecule has 4 nitrogen and oxygen atoms in total. The van der Waals surface area contributed by atoms with Gasteiger partial charge in [-0.3, -0.25) is 0 Å². The molecule has 1 unspecified atom stereocenters. The molecule has 0 saturated carbocycles. The van der Waals surface area contributed by atoms with Crippen LogP contribution in [0.5, 0.6) is 0 Å². The van der Waals surface area contributed by atoms with Gasteiger partial charge in [0.15, 0.2) is 0 Å². The number of thiophene rings is 1. The van der Waals surface area contributed by atoms with Gasteiger partial charge in [-0.2, -0.15) is 0 Å². The van der Waals surface area contributed by atoms with Crippen LogP contribution in [0.4, 0.5) is 5.82 Å². The smallest absolute Gasteiger partial charge is 0.225 e. The van der Waals surface area contributed by atoms with Gasteiger partial charge in [-0.05, 0) is 30.5 Å². The number of aliphatic hydroxyl groups is 1. The van der Waals surface area contributed by atoms with Gasteiger partial charge in [0.1, 0.15) is 10.6 Å². The number of aromatic nitrogens is 2. The van der Waals surface area contributed by atoms with E-state index in [-0.39, 0.29) is 11.4 Å². The molecule has 0 aliphatic carbocycles. The first-order valence-corrected chi connectivity index (χ1v) is 7.71. The Morgan fingerprint density at radius 3 is 2.89 bits per heavy atom. The molecule has 0 aliphatic rings. The normalized spacial score (nSPS) is 12.8. The van der Waals surface area contributed by atoms with E-state index in [9.17, 15) is 5.11 Å². The lowest BCUT2D eigenvalue weighted by atomic mass is 10.2. The molecule has 2 aromatic heterocycles. The maximum atomic E-state index is 9.77. The predicted octanol–water partition coefficient (Wildman–Crippen LogP) is 3.48. The number of nitrogens with zero attached hydrogens (tertiary/aromatic N) is 2. The minimum Gasteiger partial charge on any atom is -0.391 e. The Bertz CT molecular complexity index is 558. The molecule has 0 saturated heterocycles. The summed E-state index contributed by atoms with van der Waals surface area (Å²) >= 11 is 7.57. The zero-order valence-corrected chi connectivity index (χ0v) is 12.7. The van der Waals surface area contributed by atoms with Crippen molar-refractivity contribution in [1.82, 2.24) is 9.97 Å². The summed E-state index contributed by atoms with van der Waals surface area (Å²) < 4.78 is 0. The molecule has 1 atom stereocenters. The van der Waals surface area contributed by atoms with E-state index in [0.717, 1.165) is 29.5 Å². The first-order chi connectivity index (χ1) is 9.13. The summed E-state index contributed by atoms with van der Waals surface area (Å²) in [5, 5.41) is 14.2. The fraction of sp³-hybridized carbons (Fsp3) is 0.538. The van der Waals surface area contributed by atoms with E-state index in [1.807, 2.05) is 0 Å². The minimum absolute atomic E-state index is 0.240. The van der Waals surface area contributed by atoms with E-state index >= 15 is 0 Å². The SMILES string of the molecule is CCCC(O)CNc1nc(Cl)nc2sc(CC)cc12. The van der Waals surface area contributed by atoms with Gasteiger partial charge in [-0.25, -0.2) is 9.97 Å². The zero-order chi connectivity index (χ0) is 13.8. The second kappa shape index (κ2) is 6.50. The van der Waals surface area contributed by atoms with Crippen molar-refractivity contribution in [3.8, 4) is 0 Å². The molecule has 0 radical (unpaired) electrons. The summed E-state index contributed by atoms with van der Waals surface area (Å²) in [7, 11) is 0. The molecule has 0 bridgehead atoms. The van der Waals surface area contributed by atoms with Gasteiger partial charge in [0.25, 0.3) is 0 Å². The third-order valence-corrected chi connectivity index (χ3v) is 4.23. The molecular formula is C13H18ClN3OS. The van der Waals surface area contributed by atoms with E-state index in [1.165, 1.54) is 4.88 Å². The van der Waals surface area contributed by atoms with Gasteiger partial charge in [-0.15, -0.1) is 11.3 Å². The van der Waals surface area contributed by atoms with E-state index in [0.29, 0.717) is 12.4 Å². The lowest BCUT2D eigenvalue weighted by molar-refractivity contribution is 0.176. The largest absolute Gasteiger partial charge is 0.391 e. The molecule has 0 fully saturated rings. The first-order valence-electron chi connectivity index (χ1n) is 6.52. The number of nitrogens with one attached hydrogen (secondary N) is 1. The van der Waals surface area contributed by atoms with E-state index in [4.69, 9.17) is 11.6 Å². The van der Waals surface area contributed by atoms with Gasteiger partial charge in [0.05, 0.1) is 11.5 Å². The number of rotatable bonds is 6. The van der Waals surface area contributed by atoms with Crippen LogP contribution in [-0.2, 0) is 6.42 Å². The maximum absolute atomic E-state index is 9.77. The monoisotopic (exact) mass is 299 g/mol. The van der Waals surface area contributed by atoms with Crippen molar-refractivity contribution in [2.45, 2.75) is 39.2 Å². The zero-order valence-electron chi connectivity index (χ0n) is 11.1. The average Bonchev–Trinajstić information content (AvgIpc) is 2.79. The summed E-state index contributed by atoms with van der Waals surface area (Å²) in [6.45, 7) is 4.64. The second-order valence-corrected chi connectivity index (χ2v) is 5.90. The number of fused-ring (bicyclic) bond motifs is 1.